The number of likely N-dealkylation sites (tertiary alicyclic amines) is 1. The Hall–Kier alpha value is -3.55. The molecule has 2 aromatic heterocycles. The zero-order valence-electron chi connectivity index (χ0n) is 15.8. The number of rotatable bonds is 3. The van der Waals surface area contributed by atoms with Gasteiger partial charge in [-0.15, -0.1) is 0 Å². The van der Waals surface area contributed by atoms with Crippen LogP contribution < -0.4 is 15.2 Å². The van der Waals surface area contributed by atoms with Gasteiger partial charge in [-0.25, -0.2) is 9.78 Å². The Labute approximate surface area is 167 Å². The Balaban J connectivity index is 1.53. The molecule has 29 heavy (non-hydrogen) atoms. The molecule has 0 atom stereocenters. The molecular weight excluding hydrogens is 370 g/mol. The van der Waals surface area contributed by atoms with Gasteiger partial charge >= 0.3 is 6.03 Å². The Morgan fingerprint density at radius 3 is 2.72 bits per heavy atom. The molecule has 8 nitrogen and oxygen atoms in total. The lowest BCUT2D eigenvalue weighted by molar-refractivity contribution is 0.174. The largest absolute Gasteiger partial charge is 0.454 e. The van der Waals surface area contributed by atoms with Gasteiger partial charge in [-0.2, -0.15) is 0 Å². The lowest BCUT2D eigenvalue weighted by Gasteiger charge is -2.29. The number of nitrogens with zero attached hydrogens (tertiary/aromatic N) is 3. The highest BCUT2D eigenvalue weighted by Crippen LogP contribution is 2.39. The average Bonchev–Trinajstić information content (AvgIpc) is 3.41. The third kappa shape index (κ3) is 3.26. The summed E-state index contributed by atoms with van der Waals surface area (Å²) >= 11 is 0. The van der Waals surface area contributed by atoms with Crippen LogP contribution in [0.1, 0.15) is 24.6 Å². The summed E-state index contributed by atoms with van der Waals surface area (Å²) in [4.78, 5) is 26.0. The molecule has 148 valence electrons. The van der Waals surface area contributed by atoms with Crippen molar-refractivity contribution in [3.8, 4) is 34.1 Å². The van der Waals surface area contributed by atoms with E-state index in [0.717, 1.165) is 47.1 Å². The number of carbonyl (C=O) groups excluding carboxylic acids is 1. The predicted octanol–water partition coefficient (Wildman–Crippen LogP) is 3.13. The van der Waals surface area contributed by atoms with Crippen molar-refractivity contribution in [1.82, 2.24) is 19.9 Å². The number of imidazole rings is 1. The maximum Gasteiger partial charge on any atom is 0.314 e. The van der Waals surface area contributed by atoms with Crippen molar-refractivity contribution in [3.63, 3.8) is 0 Å². The summed E-state index contributed by atoms with van der Waals surface area (Å²) < 4.78 is 11.0. The number of hydrogen-bond acceptors (Lipinski definition) is 5. The van der Waals surface area contributed by atoms with Crippen LogP contribution in [-0.2, 0) is 0 Å². The van der Waals surface area contributed by atoms with Gasteiger partial charge < -0.3 is 25.1 Å². The van der Waals surface area contributed by atoms with Crippen LogP contribution in [0.15, 0.2) is 42.6 Å². The third-order valence-corrected chi connectivity index (χ3v) is 5.48. The lowest BCUT2D eigenvalue weighted by Crippen LogP contribution is -2.41. The van der Waals surface area contributed by atoms with E-state index in [4.69, 9.17) is 20.2 Å². The fourth-order valence-electron chi connectivity index (χ4n) is 3.91. The molecule has 0 bridgehead atoms. The number of aromatic nitrogens is 3. The molecule has 2 aliphatic rings. The van der Waals surface area contributed by atoms with E-state index in [1.807, 2.05) is 36.4 Å². The van der Waals surface area contributed by atoms with Gasteiger partial charge in [0, 0.05) is 30.8 Å². The molecule has 0 radical (unpaired) electrons. The number of primary amides is 1. The van der Waals surface area contributed by atoms with Gasteiger partial charge in [-0.3, -0.25) is 4.98 Å². The van der Waals surface area contributed by atoms with Gasteiger partial charge in [-0.05, 0) is 43.2 Å². The van der Waals surface area contributed by atoms with Gasteiger partial charge in [0.2, 0.25) is 6.79 Å². The van der Waals surface area contributed by atoms with Crippen LogP contribution in [0.25, 0.3) is 22.6 Å². The number of aromatic amines is 1. The molecule has 5 rings (SSSR count). The van der Waals surface area contributed by atoms with Gasteiger partial charge in [0.1, 0.15) is 5.82 Å². The molecule has 2 amide bonds. The van der Waals surface area contributed by atoms with Crippen molar-refractivity contribution in [2.24, 2.45) is 5.73 Å². The summed E-state index contributed by atoms with van der Waals surface area (Å²) in [6.45, 7) is 1.51. The fourth-order valence-corrected chi connectivity index (χ4v) is 3.91. The summed E-state index contributed by atoms with van der Waals surface area (Å²) in [6, 6.07) is 11.3. The molecule has 1 saturated heterocycles. The number of pyridine rings is 1. The second-order valence-electron chi connectivity index (χ2n) is 7.23. The van der Waals surface area contributed by atoms with Crippen LogP contribution in [-0.4, -0.2) is 45.8 Å². The van der Waals surface area contributed by atoms with Gasteiger partial charge in [0.15, 0.2) is 11.5 Å². The highest BCUT2D eigenvalue weighted by Gasteiger charge is 2.27. The van der Waals surface area contributed by atoms with Crippen LogP contribution >= 0.6 is 0 Å². The molecule has 2 aliphatic heterocycles. The number of benzene rings is 1. The number of hydrogen-bond donors (Lipinski definition) is 2. The quantitative estimate of drug-likeness (QED) is 0.713. The Morgan fingerprint density at radius 2 is 1.97 bits per heavy atom. The number of fused-ring (bicyclic) bond motifs is 1. The van der Waals surface area contributed by atoms with E-state index in [9.17, 15) is 4.79 Å². The number of carbonyl (C=O) groups is 1. The average molecular weight is 391 g/mol. The third-order valence-electron chi connectivity index (χ3n) is 5.48. The topological polar surface area (TPSA) is 106 Å². The minimum Gasteiger partial charge on any atom is -0.454 e. The number of piperidine rings is 1. The van der Waals surface area contributed by atoms with Crippen LogP contribution in [0.4, 0.5) is 4.79 Å². The summed E-state index contributed by atoms with van der Waals surface area (Å²) in [5, 5.41) is 0. The molecule has 0 spiro atoms. The van der Waals surface area contributed by atoms with Crippen molar-refractivity contribution in [1.29, 1.82) is 0 Å². The van der Waals surface area contributed by atoms with Gasteiger partial charge in [0.25, 0.3) is 0 Å². The monoisotopic (exact) mass is 391 g/mol. The molecule has 0 saturated carbocycles. The molecule has 4 heterocycles. The van der Waals surface area contributed by atoms with Crippen LogP contribution in [0.3, 0.4) is 0 Å². The lowest BCUT2D eigenvalue weighted by atomic mass is 9.96. The Bertz CT molecular complexity index is 1040. The molecular formula is C21H21N5O3. The van der Waals surface area contributed by atoms with E-state index in [2.05, 4.69) is 9.97 Å². The number of nitrogens with one attached hydrogen (secondary N) is 1. The number of H-pyrrole nitrogens is 1. The molecule has 3 aromatic rings. The van der Waals surface area contributed by atoms with Gasteiger partial charge in [-0.1, -0.05) is 6.07 Å². The number of amides is 2. The van der Waals surface area contributed by atoms with Crippen LogP contribution in [0, 0.1) is 0 Å². The van der Waals surface area contributed by atoms with Gasteiger partial charge in [0.05, 0.1) is 17.1 Å². The van der Waals surface area contributed by atoms with Crippen LogP contribution in [0.2, 0.25) is 0 Å². The molecule has 0 unspecified atom stereocenters. The second kappa shape index (κ2) is 7.12. The van der Waals surface area contributed by atoms with E-state index < -0.39 is 0 Å². The van der Waals surface area contributed by atoms with Crippen molar-refractivity contribution in [2.75, 3.05) is 19.9 Å². The SMILES string of the molecule is NC(=O)N1CCC(c2nc(-c3ccc4c(c3)OCO4)c(-c3ccccn3)[nH]2)CC1. The fraction of sp³-hybridized carbons (Fsp3) is 0.286. The number of ether oxygens (including phenoxy) is 2. The first-order chi connectivity index (χ1) is 14.2. The molecule has 0 aliphatic carbocycles. The molecule has 3 N–H and O–H groups in total. The minimum atomic E-state index is -0.363. The predicted molar refractivity (Wildman–Crippen MR) is 107 cm³/mol. The van der Waals surface area contributed by atoms with Crippen molar-refractivity contribution < 1.29 is 14.3 Å². The number of urea groups is 1. The maximum atomic E-state index is 11.4. The standard InChI is InChI=1S/C21H21N5O3/c22-21(27)26-9-6-13(7-10-26)20-24-18(19(25-20)15-3-1-2-8-23-15)14-4-5-16-17(11-14)29-12-28-16/h1-5,8,11,13H,6-7,9-10,12H2,(H2,22,27)(H,24,25). The smallest absolute Gasteiger partial charge is 0.314 e. The van der Waals surface area contributed by atoms with E-state index in [1.165, 1.54) is 0 Å². The molecule has 1 aromatic carbocycles. The summed E-state index contributed by atoms with van der Waals surface area (Å²) in [5.74, 6) is 2.59. The summed E-state index contributed by atoms with van der Waals surface area (Å²) in [7, 11) is 0. The molecule has 8 heteroatoms. The highest BCUT2D eigenvalue weighted by atomic mass is 16.7. The Kier molecular flexibility index (Phi) is 4.31. The summed E-state index contributed by atoms with van der Waals surface area (Å²) in [5.41, 5.74) is 8.87. The van der Waals surface area contributed by atoms with Crippen molar-refractivity contribution >= 4 is 6.03 Å². The summed E-state index contributed by atoms with van der Waals surface area (Å²) in [6.07, 6.45) is 3.40. The van der Waals surface area contributed by atoms with E-state index in [0.29, 0.717) is 18.8 Å². The zero-order chi connectivity index (χ0) is 19.8. The van der Waals surface area contributed by atoms with E-state index in [-0.39, 0.29) is 18.7 Å². The Morgan fingerprint density at radius 1 is 1.14 bits per heavy atom. The van der Waals surface area contributed by atoms with Crippen molar-refractivity contribution in [3.05, 3.63) is 48.4 Å². The first kappa shape index (κ1) is 17.5. The second-order valence-corrected chi connectivity index (χ2v) is 7.23. The van der Waals surface area contributed by atoms with E-state index in [1.54, 1.807) is 11.1 Å². The highest BCUT2D eigenvalue weighted by molar-refractivity contribution is 5.78. The normalized spacial score (nSPS) is 16.2. The first-order valence-electron chi connectivity index (χ1n) is 9.65. The zero-order valence-corrected chi connectivity index (χ0v) is 15.8. The van der Waals surface area contributed by atoms with Crippen molar-refractivity contribution in [2.45, 2.75) is 18.8 Å². The minimum absolute atomic E-state index is 0.232. The van der Waals surface area contributed by atoms with E-state index >= 15 is 0 Å². The molecule has 1 fully saturated rings. The first-order valence-corrected chi connectivity index (χ1v) is 9.65. The number of nitrogens with two attached hydrogens (primary N) is 1. The van der Waals surface area contributed by atoms with Crippen LogP contribution in [0.5, 0.6) is 11.5 Å². The maximum absolute atomic E-state index is 11.4.